The maximum Gasteiger partial charge on any atom is 0.322 e. The van der Waals surface area contributed by atoms with E-state index in [9.17, 15) is 20.1 Å². The first-order valence-electron chi connectivity index (χ1n) is 5.29. The van der Waals surface area contributed by atoms with E-state index in [2.05, 4.69) is 0 Å². The molecule has 0 aromatic rings. The Morgan fingerprint density at radius 3 is 2.39 bits per heavy atom. The summed E-state index contributed by atoms with van der Waals surface area (Å²) >= 11 is 0. The lowest BCUT2D eigenvalue weighted by Gasteiger charge is -2.39. The van der Waals surface area contributed by atoms with Crippen LogP contribution < -0.4 is 5.73 Å². The highest BCUT2D eigenvalue weighted by molar-refractivity contribution is 5.73. The van der Waals surface area contributed by atoms with E-state index in [1.54, 1.807) is 0 Å². The van der Waals surface area contributed by atoms with Crippen molar-refractivity contribution in [3.8, 4) is 0 Å². The zero-order valence-corrected chi connectivity index (χ0v) is 9.42. The minimum absolute atomic E-state index is 0.446. The molecule has 106 valence electrons. The van der Waals surface area contributed by atoms with Crippen molar-refractivity contribution in [1.82, 2.24) is 0 Å². The summed E-state index contributed by atoms with van der Waals surface area (Å²) in [6.45, 7) is -1.03. The van der Waals surface area contributed by atoms with Crippen LogP contribution in [-0.4, -0.2) is 81.5 Å². The van der Waals surface area contributed by atoms with Gasteiger partial charge in [0.2, 0.25) is 0 Å². The summed E-state index contributed by atoms with van der Waals surface area (Å²) < 4.78 is 9.89. The van der Waals surface area contributed by atoms with Crippen LogP contribution in [0.4, 0.5) is 0 Å². The highest BCUT2D eigenvalue weighted by Crippen LogP contribution is 2.21. The van der Waals surface area contributed by atoms with Gasteiger partial charge < -0.3 is 40.7 Å². The summed E-state index contributed by atoms with van der Waals surface area (Å²) in [7, 11) is 0. The van der Waals surface area contributed by atoms with Gasteiger partial charge >= 0.3 is 5.97 Å². The molecule has 5 unspecified atom stereocenters. The van der Waals surface area contributed by atoms with Crippen molar-refractivity contribution in [2.75, 3.05) is 13.2 Å². The Bertz CT molecular complexity index is 286. The van der Waals surface area contributed by atoms with Gasteiger partial charge in [0, 0.05) is 0 Å². The number of carbonyl (C=O) groups is 1. The Hall–Kier alpha value is -0.810. The first kappa shape index (κ1) is 15.2. The third-order valence-electron chi connectivity index (χ3n) is 2.61. The molecule has 1 aliphatic heterocycles. The molecule has 0 spiro atoms. The van der Waals surface area contributed by atoms with Crippen molar-refractivity contribution in [3.63, 3.8) is 0 Å². The Morgan fingerprint density at radius 2 is 1.89 bits per heavy atom. The summed E-state index contributed by atoms with van der Waals surface area (Å²) in [5, 5.41) is 45.9. The maximum absolute atomic E-state index is 10.5. The molecule has 9 heteroatoms. The number of rotatable bonds is 5. The molecule has 7 N–H and O–H groups in total. The standard InChI is InChI=1S/C9H17NO8/c10-3(8(15)16)2-17-9-7(14)6(13)5(12)4(1-11)18-9/h3-7,9,11-14H,1-2,10H2,(H,15,16)/t3-,4?,5?,6?,7?,9?/m0/s1. The molecular weight excluding hydrogens is 250 g/mol. The smallest absolute Gasteiger partial charge is 0.322 e. The molecule has 1 heterocycles. The van der Waals surface area contributed by atoms with Gasteiger partial charge in [-0.15, -0.1) is 0 Å². The molecule has 0 bridgehead atoms. The molecule has 1 saturated heterocycles. The van der Waals surface area contributed by atoms with Crippen LogP contribution in [0, 0.1) is 0 Å². The van der Waals surface area contributed by atoms with Gasteiger partial charge in [0.1, 0.15) is 30.5 Å². The molecule has 6 atom stereocenters. The molecule has 18 heavy (non-hydrogen) atoms. The SMILES string of the molecule is N[C@@H](COC1OC(CO)C(O)C(O)C1O)C(=O)O. The highest BCUT2D eigenvalue weighted by Gasteiger charge is 2.44. The van der Waals surface area contributed by atoms with E-state index in [-0.39, 0.29) is 0 Å². The fourth-order valence-corrected chi connectivity index (χ4v) is 1.47. The topological polar surface area (TPSA) is 163 Å². The molecule has 1 fully saturated rings. The third kappa shape index (κ3) is 3.36. The number of aliphatic hydroxyl groups excluding tert-OH is 4. The van der Waals surface area contributed by atoms with E-state index >= 15 is 0 Å². The molecule has 0 saturated carbocycles. The minimum Gasteiger partial charge on any atom is -0.480 e. The number of ether oxygens (including phenoxy) is 2. The monoisotopic (exact) mass is 267 g/mol. The minimum atomic E-state index is -1.57. The predicted octanol–water partition coefficient (Wildman–Crippen LogP) is -3.79. The van der Waals surface area contributed by atoms with Crippen LogP contribution in [0.5, 0.6) is 0 Å². The zero-order chi connectivity index (χ0) is 13.9. The summed E-state index contributed by atoms with van der Waals surface area (Å²) in [5.74, 6) is -1.29. The number of hydrogen-bond acceptors (Lipinski definition) is 8. The van der Waals surface area contributed by atoms with Gasteiger partial charge in [-0.3, -0.25) is 4.79 Å². The maximum atomic E-state index is 10.5. The van der Waals surface area contributed by atoms with E-state index in [0.29, 0.717) is 0 Å². The van der Waals surface area contributed by atoms with Gasteiger partial charge in [0.25, 0.3) is 0 Å². The number of carboxylic acid groups (broad SMARTS) is 1. The van der Waals surface area contributed by atoms with E-state index in [0.717, 1.165) is 0 Å². The van der Waals surface area contributed by atoms with Gasteiger partial charge in [-0.2, -0.15) is 0 Å². The third-order valence-corrected chi connectivity index (χ3v) is 2.61. The van der Waals surface area contributed by atoms with Gasteiger partial charge in [0.05, 0.1) is 13.2 Å². The largest absolute Gasteiger partial charge is 0.480 e. The number of hydrogen-bond donors (Lipinski definition) is 6. The van der Waals surface area contributed by atoms with Gasteiger partial charge in [-0.05, 0) is 0 Å². The van der Waals surface area contributed by atoms with Crippen LogP contribution in [-0.2, 0) is 14.3 Å². The number of aliphatic carboxylic acids is 1. The summed E-state index contributed by atoms with van der Waals surface area (Å²) in [5.41, 5.74) is 5.19. The van der Waals surface area contributed by atoms with Crippen molar-refractivity contribution >= 4 is 5.97 Å². The second-order valence-corrected chi connectivity index (χ2v) is 3.98. The molecule has 0 aliphatic carbocycles. The highest BCUT2D eigenvalue weighted by atomic mass is 16.7. The van der Waals surface area contributed by atoms with Crippen molar-refractivity contribution < 1.29 is 39.8 Å². The van der Waals surface area contributed by atoms with Crippen LogP contribution in [0.25, 0.3) is 0 Å². The predicted molar refractivity (Wildman–Crippen MR) is 55.3 cm³/mol. The van der Waals surface area contributed by atoms with Crippen LogP contribution in [0.15, 0.2) is 0 Å². The molecule has 9 nitrogen and oxygen atoms in total. The van der Waals surface area contributed by atoms with Gasteiger partial charge in [-0.1, -0.05) is 0 Å². The summed E-state index contributed by atoms with van der Waals surface area (Å²) in [4.78, 5) is 10.5. The molecule has 1 aliphatic rings. The molecule has 1 rings (SSSR count). The molecule has 0 amide bonds. The van der Waals surface area contributed by atoms with Crippen LogP contribution in [0.2, 0.25) is 0 Å². The lowest BCUT2D eigenvalue weighted by atomic mass is 9.99. The van der Waals surface area contributed by atoms with Crippen LogP contribution >= 0.6 is 0 Å². The fourth-order valence-electron chi connectivity index (χ4n) is 1.47. The number of carboxylic acids is 1. The molecular formula is C9H17NO8. The average molecular weight is 267 g/mol. The van der Waals surface area contributed by atoms with Gasteiger partial charge in [-0.25, -0.2) is 0 Å². The van der Waals surface area contributed by atoms with E-state index in [4.69, 9.17) is 25.4 Å². The molecule has 0 aromatic carbocycles. The molecule has 0 radical (unpaired) electrons. The lowest BCUT2D eigenvalue weighted by Crippen LogP contribution is -2.59. The van der Waals surface area contributed by atoms with Crippen LogP contribution in [0.1, 0.15) is 0 Å². The van der Waals surface area contributed by atoms with Crippen molar-refractivity contribution in [2.24, 2.45) is 5.73 Å². The van der Waals surface area contributed by atoms with Crippen molar-refractivity contribution in [2.45, 2.75) is 36.7 Å². The Kier molecular flexibility index (Phi) is 5.41. The molecule has 0 aromatic heterocycles. The fraction of sp³-hybridized carbons (Fsp3) is 0.889. The Morgan fingerprint density at radius 1 is 1.28 bits per heavy atom. The van der Waals surface area contributed by atoms with E-state index < -0.39 is 55.9 Å². The van der Waals surface area contributed by atoms with Crippen molar-refractivity contribution in [1.29, 1.82) is 0 Å². The van der Waals surface area contributed by atoms with Crippen LogP contribution in [0.3, 0.4) is 0 Å². The first-order valence-corrected chi connectivity index (χ1v) is 5.29. The quantitative estimate of drug-likeness (QED) is 0.293. The lowest BCUT2D eigenvalue weighted by molar-refractivity contribution is -0.301. The second kappa shape index (κ2) is 6.38. The summed E-state index contributed by atoms with van der Waals surface area (Å²) in [6, 6.07) is -1.31. The number of nitrogens with two attached hydrogens (primary N) is 1. The van der Waals surface area contributed by atoms with Gasteiger partial charge in [0.15, 0.2) is 6.29 Å². The average Bonchev–Trinajstić information content (AvgIpc) is 2.34. The van der Waals surface area contributed by atoms with E-state index in [1.165, 1.54) is 0 Å². The van der Waals surface area contributed by atoms with E-state index in [1.807, 2.05) is 0 Å². The zero-order valence-electron chi connectivity index (χ0n) is 9.42. The second-order valence-electron chi connectivity index (χ2n) is 3.98. The Balaban J connectivity index is 2.56. The Labute approximate surface area is 102 Å². The first-order chi connectivity index (χ1) is 8.38. The summed E-state index contributed by atoms with van der Waals surface area (Å²) in [6.07, 6.45) is -7.09. The van der Waals surface area contributed by atoms with Crippen molar-refractivity contribution in [3.05, 3.63) is 0 Å². The number of aliphatic hydroxyl groups is 4. The normalized spacial score (nSPS) is 38.4.